The monoisotopic (exact) mass is 797 g/mol. The number of fused-ring (bicyclic) bond motifs is 13. The van der Waals surface area contributed by atoms with E-state index in [9.17, 15) is 0 Å². The SMILES string of the molecule is CC1(C)c2ccc3cc2-c2cc(ccc21)N(c1cccc2c4ccccc4n(-c4ccccc4)c12)c1cccc(c1)-c1cccc(c1)N3c1ccc2c(c1)sc1ccccc12. The molecule has 0 saturated carbocycles. The molecule has 8 bridgehead atoms. The Morgan fingerprint density at radius 1 is 0.377 bits per heavy atom. The second-order valence-corrected chi connectivity index (χ2v) is 18.1. The topological polar surface area (TPSA) is 11.4 Å². The average Bonchev–Trinajstić information content (AvgIpc) is 3.92. The van der Waals surface area contributed by atoms with E-state index in [0.29, 0.717) is 0 Å². The van der Waals surface area contributed by atoms with Gasteiger partial charge >= 0.3 is 0 Å². The van der Waals surface area contributed by atoms with Gasteiger partial charge < -0.3 is 14.4 Å². The predicted octanol–water partition coefficient (Wildman–Crippen LogP) is 16.4. The van der Waals surface area contributed by atoms with Crippen LogP contribution in [0.3, 0.4) is 0 Å². The van der Waals surface area contributed by atoms with E-state index in [0.717, 1.165) is 45.4 Å². The quantitative estimate of drug-likeness (QED) is 0.176. The Morgan fingerprint density at radius 2 is 0.918 bits per heavy atom. The highest BCUT2D eigenvalue weighted by Gasteiger charge is 2.37. The number of thiophene rings is 1. The van der Waals surface area contributed by atoms with E-state index in [1.165, 1.54) is 69.8 Å². The molecule has 0 radical (unpaired) electrons. The Balaban J connectivity index is 1.09. The molecule has 61 heavy (non-hydrogen) atoms. The summed E-state index contributed by atoms with van der Waals surface area (Å²) >= 11 is 1.87. The number of benzene rings is 9. The van der Waals surface area contributed by atoms with E-state index in [1.54, 1.807) is 0 Å². The number of hydrogen-bond donors (Lipinski definition) is 0. The smallest absolute Gasteiger partial charge is 0.0782 e. The largest absolute Gasteiger partial charge is 0.310 e. The van der Waals surface area contributed by atoms with Crippen LogP contribution in [0.5, 0.6) is 0 Å². The summed E-state index contributed by atoms with van der Waals surface area (Å²) in [5.74, 6) is 0. The van der Waals surface area contributed by atoms with Crippen LogP contribution in [0, 0.1) is 0 Å². The maximum atomic E-state index is 2.49. The number of para-hydroxylation sites is 3. The van der Waals surface area contributed by atoms with E-state index in [4.69, 9.17) is 0 Å². The lowest BCUT2D eigenvalue weighted by Crippen LogP contribution is -2.16. The minimum absolute atomic E-state index is 0.166. The minimum Gasteiger partial charge on any atom is -0.310 e. The lowest BCUT2D eigenvalue weighted by atomic mass is 9.82. The number of aromatic nitrogens is 1. The van der Waals surface area contributed by atoms with Gasteiger partial charge in [-0.05, 0) is 124 Å². The van der Waals surface area contributed by atoms with Crippen molar-refractivity contribution in [1.82, 2.24) is 4.57 Å². The van der Waals surface area contributed by atoms with Crippen molar-refractivity contribution >= 4 is 87.4 Å². The zero-order valence-electron chi connectivity index (χ0n) is 33.8. The van der Waals surface area contributed by atoms with Crippen LogP contribution in [0.15, 0.2) is 200 Å². The van der Waals surface area contributed by atoms with Gasteiger partial charge in [-0.15, -0.1) is 11.3 Å². The van der Waals surface area contributed by atoms with Gasteiger partial charge in [0, 0.05) is 70.5 Å². The minimum atomic E-state index is -0.166. The number of nitrogens with zero attached hydrogens (tertiary/aromatic N) is 3. The third kappa shape index (κ3) is 5.03. The highest BCUT2D eigenvalue weighted by atomic mass is 32.1. The van der Waals surface area contributed by atoms with Gasteiger partial charge in [0.15, 0.2) is 0 Å². The fourth-order valence-corrected chi connectivity index (χ4v) is 11.6. The molecule has 1 aliphatic carbocycles. The molecule has 3 heterocycles. The van der Waals surface area contributed by atoms with Crippen molar-refractivity contribution in [1.29, 1.82) is 0 Å². The summed E-state index contributed by atoms with van der Waals surface area (Å²) in [6.07, 6.45) is 0. The highest BCUT2D eigenvalue weighted by molar-refractivity contribution is 7.25. The first-order valence-corrected chi connectivity index (χ1v) is 21.9. The summed E-state index contributed by atoms with van der Waals surface area (Å²) in [4.78, 5) is 4.94. The Labute approximate surface area is 358 Å². The van der Waals surface area contributed by atoms with E-state index >= 15 is 0 Å². The standard InChI is InChI=1S/C57H39N3S/c1-57(2)50-29-26-41-33-48(50)49-34-42(27-30-51(49)57)59(53-23-12-21-47-44-19-6-8-22-52(44)60(56(47)53)38-15-4-3-5-16-38)40-18-11-14-37(32-40)36-13-10-17-39(31-36)58(41)43-25-28-46-45-20-7-9-24-54(45)61-55(46)35-43/h3-35H,1-2H3. The summed E-state index contributed by atoms with van der Waals surface area (Å²) < 4.78 is 5.05. The lowest BCUT2D eigenvalue weighted by Gasteiger charge is -2.29. The maximum Gasteiger partial charge on any atom is 0.0782 e. The lowest BCUT2D eigenvalue weighted by molar-refractivity contribution is 0.660. The number of anilines is 6. The Bertz CT molecular complexity index is 3590. The van der Waals surface area contributed by atoms with Gasteiger partial charge in [-0.1, -0.05) is 123 Å². The van der Waals surface area contributed by atoms with Gasteiger partial charge in [0.1, 0.15) is 0 Å². The summed E-state index contributed by atoms with van der Waals surface area (Å²) in [5.41, 5.74) is 17.7. The first kappa shape index (κ1) is 34.5. The van der Waals surface area contributed by atoms with Crippen LogP contribution in [0.1, 0.15) is 25.0 Å². The summed E-state index contributed by atoms with van der Waals surface area (Å²) in [6.45, 7) is 4.75. The average molecular weight is 798 g/mol. The van der Waals surface area contributed by atoms with Crippen molar-refractivity contribution in [3.63, 3.8) is 0 Å². The van der Waals surface area contributed by atoms with E-state index < -0.39 is 0 Å². The Kier molecular flexibility index (Phi) is 7.23. The molecular formula is C57H39N3S. The normalized spacial score (nSPS) is 13.8. The van der Waals surface area contributed by atoms with Gasteiger partial charge in [0.25, 0.3) is 0 Å². The van der Waals surface area contributed by atoms with Gasteiger partial charge in [-0.3, -0.25) is 0 Å². The van der Waals surface area contributed by atoms with Gasteiger partial charge in [0.2, 0.25) is 0 Å². The molecule has 288 valence electrons. The van der Waals surface area contributed by atoms with Gasteiger partial charge in [-0.2, -0.15) is 0 Å². The molecule has 2 aromatic heterocycles. The zero-order chi connectivity index (χ0) is 40.4. The number of rotatable bonds is 3. The summed E-state index contributed by atoms with van der Waals surface area (Å²) in [7, 11) is 0. The van der Waals surface area contributed by atoms with Crippen molar-refractivity contribution in [3.8, 4) is 27.9 Å². The summed E-state index contributed by atoms with van der Waals surface area (Å²) in [6, 6.07) is 74.7. The molecule has 0 saturated heterocycles. The molecule has 9 aromatic carbocycles. The van der Waals surface area contributed by atoms with Crippen molar-refractivity contribution in [3.05, 3.63) is 211 Å². The fraction of sp³-hybridized carbons (Fsp3) is 0.0526. The molecule has 0 fully saturated rings. The Hall–Kier alpha value is -7.40. The summed E-state index contributed by atoms with van der Waals surface area (Å²) in [5, 5.41) is 5.09. The van der Waals surface area contributed by atoms with Crippen molar-refractivity contribution < 1.29 is 0 Å². The van der Waals surface area contributed by atoms with Crippen LogP contribution >= 0.6 is 11.3 Å². The van der Waals surface area contributed by atoms with E-state index in [-0.39, 0.29) is 5.41 Å². The first-order valence-electron chi connectivity index (χ1n) is 21.1. The van der Waals surface area contributed by atoms with Gasteiger partial charge in [0.05, 0.1) is 16.7 Å². The molecule has 0 amide bonds. The second-order valence-electron chi connectivity index (χ2n) is 17.0. The molecule has 4 heteroatoms. The zero-order valence-corrected chi connectivity index (χ0v) is 34.6. The van der Waals surface area contributed by atoms with Crippen LogP contribution in [-0.2, 0) is 5.41 Å². The molecule has 11 aromatic rings. The second kappa shape index (κ2) is 12.8. The van der Waals surface area contributed by atoms with Gasteiger partial charge in [-0.25, -0.2) is 0 Å². The molecule has 0 N–H and O–H groups in total. The van der Waals surface area contributed by atoms with Crippen LogP contribution < -0.4 is 9.80 Å². The van der Waals surface area contributed by atoms with Crippen LogP contribution in [0.2, 0.25) is 0 Å². The molecule has 0 unspecified atom stereocenters. The molecule has 3 nitrogen and oxygen atoms in total. The molecular weight excluding hydrogens is 759 g/mol. The molecule has 2 aliphatic rings. The molecule has 0 atom stereocenters. The molecule has 0 spiro atoms. The van der Waals surface area contributed by atoms with E-state index in [1.807, 2.05) is 11.3 Å². The number of hydrogen-bond acceptors (Lipinski definition) is 3. The first-order chi connectivity index (χ1) is 30.0. The maximum absolute atomic E-state index is 2.49. The third-order valence-corrected chi connectivity index (χ3v) is 14.4. The van der Waals surface area contributed by atoms with Crippen LogP contribution in [0.4, 0.5) is 34.1 Å². The predicted molar refractivity (Wildman–Crippen MR) is 260 cm³/mol. The highest BCUT2D eigenvalue weighted by Crippen LogP contribution is 2.54. The van der Waals surface area contributed by atoms with Crippen molar-refractivity contribution in [2.24, 2.45) is 0 Å². The third-order valence-electron chi connectivity index (χ3n) is 13.3. The Morgan fingerprint density at radius 3 is 1.67 bits per heavy atom. The molecule has 13 rings (SSSR count). The van der Waals surface area contributed by atoms with E-state index in [2.05, 4.69) is 228 Å². The van der Waals surface area contributed by atoms with Crippen molar-refractivity contribution in [2.45, 2.75) is 19.3 Å². The van der Waals surface area contributed by atoms with Crippen LogP contribution in [-0.4, -0.2) is 4.57 Å². The molecule has 1 aliphatic heterocycles. The van der Waals surface area contributed by atoms with Crippen molar-refractivity contribution in [2.75, 3.05) is 9.80 Å². The van der Waals surface area contributed by atoms with Crippen LogP contribution in [0.25, 0.3) is 69.9 Å². The fourth-order valence-electron chi connectivity index (χ4n) is 10.4.